The lowest BCUT2D eigenvalue weighted by Gasteiger charge is -2.07. The van der Waals surface area contributed by atoms with E-state index in [4.69, 9.17) is 4.74 Å². The van der Waals surface area contributed by atoms with Gasteiger partial charge in [-0.25, -0.2) is 4.98 Å². The molecule has 0 fully saturated rings. The maximum atomic E-state index is 12.1. The summed E-state index contributed by atoms with van der Waals surface area (Å²) < 4.78 is 6.54. The molecule has 6 nitrogen and oxygen atoms in total. The van der Waals surface area contributed by atoms with E-state index in [1.165, 1.54) is 6.07 Å². The smallest absolute Gasteiger partial charge is 0.251 e. The highest BCUT2D eigenvalue weighted by Gasteiger charge is 2.08. The van der Waals surface area contributed by atoms with Crippen molar-refractivity contribution in [2.24, 2.45) is 0 Å². The van der Waals surface area contributed by atoms with Crippen molar-refractivity contribution in [2.45, 2.75) is 11.8 Å². The third kappa shape index (κ3) is 6.26. The van der Waals surface area contributed by atoms with Crippen LogP contribution in [0.1, 0.15) is 5.69 Å². The fraction of sp³-hybridized carbons (Fsp3) is 0.105. The monoisotopic (exact) mass is 445 g/mol. The molecule has 27 heavy (non-hydrogen) atoms. The number of H-pyrrole nitrogens is 1. The zero-order valence-electron chi connectivity index (χ0n) is 14.1. The zero-order chi connectivity index (χ0) is 19.1. The van der Waals surface area contributed by atoms with Gasteiger partial charge in [0.1, 0.15) is 12.4 Å². The number of ether oxygens (including phenoxy) is 1. The van der Waals surface area contributed by atoms with Gasteiger partial charge in [0.05, 0.1) is 11.4 Å². The van der Waals surface area contributed by atoms with Crippen molar-refractivity contribution in [1.82, 2.24) is 9.97 Å². The Labute approximate surface area is 168 Å². The number of rotatable bonds is 7. The highest BCUT2D eigenvalue weighted by Crippen LogP contribution is 2.16. The largest absolute Gasteiger partial charge is 0.487 e. The first-order valence-corrected chi connectivity index (χ1v) is 9.83. The van der Waals surface area contributed by atoms with Crippen molar-refractivity contribution < 1.29 is 9.53 Å². The Morgan fingerprint density at radius 3 is 2.63 bits per heavy atom. The molecule has 0 bridgehead atoms. The number of thioether (sulfide) groups is 1. The van der Waals surface area contributed by atoms with Crippen LogP contribution in [-0.4, -0.2) is 21.6 Å². The highest BCUT2D eigenvalue weighted by atomic mass is 79.9. The summed E-state index contributed by atoms with van der Waals surface area (Å²) in [4.78, 5) is 30.8. The molecule has 1 aromatic heterocycles. The number of hydrogen-bond acceptors (Lipinski definition) is 5. The standard InChI is InChI=1S/C19H16BrN3O3S/c20-13-6-8-14(9-7-13)21-18(25)12-27-19-22-15(10-17(24)23-19)11-26-16-4-2-1-3-5-16/h1-10H,11-12H2,(H,21,25)(H,22,23,24). The number of halogens is 1. The maximum absolute atomic E-state index is 12.1. The van der Waals surface area contributed by atoms with Gasteiger partial charge in [0.15, 0.2) is 5.16 Å². The minimum atomic E-state index is -0.285. The van der Waals surface area contributed by atoms with Crippen molar-refractivity contribution >= 4 is 39.3 Å². The number of hydrogen-bond donors (Lipinski definition) is 2. The van der Waals surface area contributed by atoms with Crippen LogP contribution >= 0.6 is 27.7 Å². The van der Waals surface area contributed by atoms with Crippen molar-refractivity contribution in [3.8, 4) is 5.75 Å². The summed E-state index contributed by atoms with van der Waals surface area (Å²) in [5, 5.41) is 3.17. The molecule has 0 atom stereocenters. The topological polar surface area (TPSA) is 84.1 Å². The number of amides is 1. The molecule has 0 spiro atoms. The van der Waals surface area contributed by atoms with Crippen molar-refractivity contribution in [3.63, 3.8) is 0 Å². The number of para-hydroxylation sites is 1. The molecule has 0 saturated heterocycles. The van der Waals surface area contributed by atoms with E-state index in [-0.39, 0.29) is 23.8 Å². The van der Waals surface area contributed by atoms with E-state index >= 15 is 0 Å². The van der Waals surface area contributed by atoms with Crippen molar-refractivity contribution in [2.75, 3.05) is 11.1 Å². The van der Waals surface area contributed by atoms with E-state index in [9.17, 15) is 9.59 Å². The lowest BCUT2D eigenvalue weighted by Crippen LogP contribution is -2.16. The molecule has 138 valence electrons. The van der Waals surface area contributed by atoms with Gasteiger partial charge in [-0.1, -0.05) is 45.9 Å². The van der Waals surface area contributed by atoms with E-state index in [2.05, 4.69) is 31.2 Å². The molecule has 3 rings (SSSR count). The van der Waals surface area contributed by atoms with Gasteiger partial charge >= 0.3 is 0 Å². The van der Waals surface area contributed by atoms with Gasteiger partial charge in [0.2, 0.25) is 5.91 Å². The number of aromatic nitrogens is 2. The lowest BCUT2D eigenvalue weighted by molar-refractivity contribution is -0.113. The third-order valence-corrected chi connectivity index (χ3v) is 4.77. The van der Waals surface area contributed by atoms with E-state index in [1.54, 1.807) is 12.1 Å². The molecule has 0 radical (unpaired) electrons. The number of carbonyl (C=O) groups is 1. The quantitative estimate of drug-likeness (QED) is 0.426. The van der Waals surface area contributed by atoms with Crippen LogP contribution in [0, 0.1) is 0 Å². The maximum Gasteiger partial charge on any atom is 0.251 e. The fourth-order valence-electron chi connectivity index (χ4n) is 2.16. The van der Waals surface area contributed by atoms with Gasteiger partial charge < -0.3 is 15.0 Å². The Kier molecular flexibility index (Phi) is 6.67. The summed E-state index contributed by atoms with van der Waals surface area (Å²) in [5.41, 5.74) is 0.918. The summed E-state index contributed by atoms with van der Waals surface area (Å²) in [5.74, 6) is 0.640. The molecule has 1 heterocycles. The summed E-state index contributed by atoms with van der Waals surface area (Å²) >= 11 is 4.50. The van der Waals surface area contributed by atoms with Crippen LogP contribution in [0.4, 0.5) is 5.69 Å². The normalized spacial score (nSPS) is 10.4. The Hall–Kier alpha value is -2.58. The number of aromatic amines is 1. The van der Waals surface area contributed by atoms with Gasteiger partial charge in [-0.05, 0) is 36.4 Å². The average molecular weight is 446 g/mol. The number of benzene rings is 2. The average Bonchev–Trinajstić information content (AvgIpc) is 2.67. The number of anilines is 1. The molecule has 1 amide bonds. The molecule has 0 aliphatic heterocycles. The molecule has 8 heteroatoms. The Balaban J connectivity index is 1.56. The first-order chi connectivity index (χ1) is 13.1. The van der Waals surface area contributed by atoms with E-state index in [0.717, 1.165) is 16.2 Å². The Morgan fingerprint density at radius 2 is 1.89 bits per heavy atom. The Bertz CT molecular complexity index is 962. The summed E-state index contributed by atoms with van der Waals surface area (Å²) in [6, 6.07) is 18.0. The van der Waals surface area contributed by atoms with Crippen molar-refractivity contribution in [1.29, 1.82) is 0 Å². The van der Waals surface area contributed by atoms with E-state index in [0.29, 0.717) is 22.3 Å². The summed E-state index contributed by atoms with van der Waals surface area (Å²) in [6.07, 6.45) is 0. The third-order valence-electron chi connectivity index (χ3n) is 3.37. The summed E-state index contributed by atoms with van der Waals surface area (Å²) in [7, 11) is 0. The van der Waals surface area contributed by atoms with Crippen molar-refractivity contribution in [3.05, 3.63) is 81.2 Å². The van der Waals surface area contributed by atoms with Crippen LogP contribution in [0.3, 0.4) is 0 Å². The second-order valence-corrected chi connectivity index (χ2v) is 7.37. The fourth-order valence-corrected chi connectivity index (χ4v) is 3.12. The van der Waals surface area contributed by atoms with Crippen LogP contribution in [0.5, 0.6) is 5.75 Å². The molecule has 3 aromatic rings. The van der Waals surface area contributed by atoms with Gasteiger partial charge in [-0.15, -0.1) is 0 Å². The van der Waals surface area contributed by atoms with Gasteiger partial charge in [-0.3, -0.25) is 9.59 Å². The first kappa shape index (κ1) is 19.2. The van der Waals surface area contributed by atoms with Crippen LogP contribution in [0.2, 0.25) is 0 Å². The van der Waals surface area contributed by atoms with E-state index < -0.39 is 0 Å². The Morgan fingerprint density at radius 1 is 1.15 bits per heavy atom. The molecule has 0 saturated carbocycles. The predicted octanol–water partition coefficient (Wildman–Crippen LogP) is 3.84. The van der Waals surface area contributed by atoms with Crippen LogP contribution in [-0.2, 0) is 11.4 Å². The number of nitrogens with zero attached hydrogens (tertiary/aromatic N) is 1. The van der Waals surface area contributed by atoms with Gasteiger partial charge in [0, 0.05) is 16.2 Å². The SMILES string of the molecule is O=C(CSc1nc(COc2ccccc2)cc(=O)[nH]1)Nc1ccc(Br)cc1. The molecular weight excluding hydrogens is 430 g/mol. The first-order valence-electron chi connectivity index (χ1n) is 8.05. The molecule has 2 N–H and O–H groups in total. The predicted molar refractivity (Wildman–Crippen MR) is 109 cm³/mol. The van der Waals surface area contributed by atoms with Crippen LogP contribution < -0.4 is 15.6 Å². The molecule has 0 aliphatic rings. The second-order valence-electron chi connectivity index (χ2n) is 5.49. The molecule has 2 aromatic carbocycles. The van der Waals surface area contributed by atoms with Gasteiger partial charge in [0.25, 0.3) is 5.56 Å². The highest BCUT2D eigenvalue weighted by molar-refractivity contribution is 9.10. The van der Waals surface area contributed by atoms with Crippen LogP contribution in [0.15, 0.2) is 75.1 Å². The zero-order valence-corrected chi connectivity index (χ0v) is 16.5. The minimum absolute atomic E-state index is 0.127. The molecule has 0 unspecified atom stereocenters. The summed E-state index contributed by atoms with van der Waals surface area (Å²) in [6.45, 7) is 0.173. The van der Waals surface area contributed by atoms with Crippen LogP contribution in [0.25, 0.3) is 0 Å². The van der Waals surface area contributed by atoms with E-state index in [1.807, 2.05) is 42.5 Å². The molecular formula is C19H16BrN3O3S. The number of carbonyl (C=O) groups excluding carboxylic acids is 1. The minimum Gasteiger partial charge on any atom is -0.487 e. The lowest BCUT2D eigenvalue weighted by atomic mass is 10.3. The molecule has 0 aliphatic carbocycles. The van der Waals surface area contributed by atoms with Gasteiger partial charge in [-0.2, -0.15) is 0 Å². The number of nitrogens with one attached hydrogen (secondary N) is 2. The second kappa shape index (κ2) is 9.38.